The van der Waals surface area contributed by atoms with Gasteiger partial charge in [0.1, 0.15) is 4.21 Å². The molecule has 0 saturated carbocycles. The number of sulfonamides is 1. The molecule has 1 heterocycles. The largest absolute Gasteiger partial charge is 0.337 e. The van der Waals surface area contributed by atoms with Gasteiger partial charge in [-0.3, -0.25) is 4.79 Å². The summed E-state index contributed by atoms with van der Waals surface area (Å²) in [6, 6.07) is 13.1. The van der Waals surface area contributed by atoms with Crippen LogP contribution in [0.25, 0.3) is 0 Å². The van der Waals surface area contributed by atoms with Crippen LogP contribution in [-0.2, 0) is 27.8 Å². The average Bonchev–Trinajstić information content (AvgIpc) is 3.04. The first-order valence-corrected chi connectivity index (χ1v) is 10.1. The van der Waals surface area contributed by atoms with Gasteiger partial charge in [0.25, 0.3) is 0 Å². The molecule has 0 aliphatic rings. The zero-order valence-electron chi connectivity index (χ0n) is 13.9. The highest BCUT2D eigenvalue weighted by Crippen LogP contribution is 2.21. The summed E-state index contributed by atoms with van der Waals surface area (Å²) >= 11 is 1.28. The lowest BCUT2D eigenvalue weighted by atomic mass is 10.2. The SMILES string of the molecule is CCc1ccc(S(=O)(=O)NCCN(Cc2ccccc2)C(C)=O)s1. The zero-order valence-corrected chi connectivity index (χ0v) is 15.5. The molecule has 7 heteroatoms. The van der Waals surface area contributed by atoms with Gasteiger partial charge < -0.3 is 4.90 Å². The smallest absolute Gasteiger partial charge is 0.250 e. The summed E-state index contributed by atoms with van der Waals surface area (Å²) in [5.41, 5.74) is 1.02. The third-order valence-corrected chi connectivity index (χ3v) is 6.77. The Morgan fingerprint density at radius 1 is 1.17 bits per heavy atom. The molecular weight excluding hydrogens is 344 g/mol. The van der Waals surface area contributed by atoms with Gasteiger partial charge in [-0.25, -0.2) is 13.1 Å². The molecule has 1 amide bonds. The topological polar surface area (TPSA) is 66.5 Å². The highest BCUT2D eigenvalue weighted by atomic mass is 32.2. The zero-order chi connectivity index (χ0) is 17.6. The van der Waals surface area contributed by atoms with E-state index >= 15 is 0 Å². The average molecular weight is 367 g/mol. The Morgan fingerprint density at radius 3 is 2.46 bits per heavy atom. The number of aryl methyl sites for hydroxylation is 1. The number of rotatable bonds is 8. The molecule has 0 unspecified atom stereocenters. The van der Waals surface area contributed by atoms with Crippen molar-refractivity contribution < 1.29 is 13.2 Å². The van der Waals surface area contributed by atoms with Crippen molar-refractivity contribution in [3.63, 3.8) is 0 Å². The summed E-state index contributed by atoms with van der Waals surface area (Å²) in [4.78, 5) is 14.4. The van der Waals surface area contributed by atoms with Gasteiger partial charge >= 0.3 is 0 Å². The van der Waals surface area contributed by atoms with Crippen LogP contribution in [0.15, 0.2) is 46.7 Å². The summed E-state index contributed by atoms with van der Waals surface area (Å²) in [5, 5.41) is 0. The minimum Gasteiger partial charge on any atom is -0.337 e. The van der Waals surface area contributed by atoms with Crippen LogP contribution in [0.4, 0.5) is 0 Å². The highest BCUT2D eigenvalue weighted by molar-refractivity contribution is 7.91. The molecule has 5 nitrogen and oxygen atoms in total. The summed E-state index contributed by atoms with van der Waals surface area (Å²) in [5.74, 6) is -0.0811. The molecule has 1 aromatic heterocycles. The van der Waals surface area contributed by atoms with Gasteiger partial charge in [-0.1, -0.05) is 37.3 Å². The van der Waals surface area contributed by atoms with E-state index in [-0.39, 0.29) is 12.5 Å². The van der Waals surface area contributed by atoms with Crippen LogP contribution in [0.3, 0.4) is 0 Å². The van der Waals surface area contributed by atoms with E-state index in [4.69, 9.17) is 0 Å². The van der Waals surface area contributed by atoms with Crippen molar-refractivity contribution in [1.82, 2.24) is 9.62 Å². The molecule has 0 fully saturated rings. The first-order chi connectivity index (χ1) is 11.4. The molecular formula is C17H22N2O3S2. The second-order valence-electron chi connectivity index (χ2n) is 5.40. The van der Waals surface area contributed by atoms with Crippen LogP contribution in [0.2, 0.25) is 0 Å². The number of carbonyl (C=O) groups is 1. The number of thiophene rings is 1. The normalized spacial score (nSPS) is 11.4. The Balaban J connectivity index is 1.93. The van der Waals surface area contributed by atoms with Gasteiger partial charge in [0, 0.05) is 31.4 Å². The standard InChI is InChI=1S/C17H22N2O3S2/c1-3-16-9-10-17(23-16)24(21,22)18-11-12-19(14(2)20)13-15-7-5-4-6-8-15/h4-10,18H,3,11-13H2,1-2H3. The molecule has 24 heavy (non-hydrogen) atoms. The monoisotopic (exact) mass is 366 g/mol. The number of hydrogen-bond acceptors (Lipinski definition) is 4. The molecule has 130 valence electrons. The van der Waals surface area contributed by atoms with Crippen LogP contribution in [0, 0.1) is 0 Å². The third kappa shape index (κ3) is 5.15. The van der Waals surface area contributed by atoms with Crippen LogP contribution in [0.5, 0.6) is 0 Å². The molecule has 1 aromatic carbocycles. The maximum absolute atomic E-state index is 12.3. The predicted molar refractivity (Wildman–Crippen MR) is 96.4 cm³/mol. The molecule has 2 rings (SSSR count). The number of nitrogens with one attached hydrogen (secondary N) is 1. The van der Waals surface area contributed by atoms with Gasteiger partial charge in [-0.15, -0.1) is 11.3 Å². The van der Waals surface area contributed by atoms with Crippen molar-refractivity contribution in [3.05, 3.63) is 52.9 Å². The fraction of sp³-hybridized carbons (Fsp3) is 0.353. The van der Waals surface area contributed by atoms with E-state index in [1.165, 1.54) is 18.3 Å². The fourth-order valence-electron chi connectivity index (χ4n) is 2.23. The van der Waals surface area contributed by atoms with Crippen molar-refractivity contribution in [2.24, 2.45) is 0 Å². The molecule has 0 radical (unpaired) electrons. The Bertz CT molecular complexity index is 770. The van der Waals surface area contributed by atoms with Gasteiger partial charge in [-0.2, -0.15) is 0 Å². The van der Waals surface area contributed by atoms with Gasteiger partial charge in [-0.05, 0) is 24.1 Å². The van der Waals surface area contributed by atoms with Crippen molar-refractivity contribution in [2.45, 2.75) is 31.0 Å². The highest BCUT2D eigenvalue weighted by Gasteiger charge is 2.17. The molecule has 2 aromatic rings. The van der Waals surface area contributed by atoms with Crippen LogP contribution >= 0.6 is 11.3 Å². The Hall–Kier alpha value is -1.70. The van der Waals surface area contributed by atoms with E-state index in [0.29, 0.717) is 17.3 Å². The van der Waals surface area contributed by atoms with E-state index in [1.807, 2.05) is 43.3 Å². The molecule has 0 aliphatic heterocycles. The van der Waals surface area contributed by atoms with Gasteiger partial charge in [0.15, 0.2) is 0 Å². The number of benzene rings is 1. The third-order valence-electron chi connectivity index (χ3n) is 3.59. The van der Waals surface area contributed by atoms with Crippen molar-refractivity contribution >= 4 is 27.3 Å². The summed E-state index contributed by atoms with van der Waals surface area (Å²) in [6.45, 7) is 4.47. The summed E-state index contributed by atoms with van der Waals surface area (Å²) < 4.78 is 27.4. The van der Waals surface area contributed by atoms with Crippen molar-refractivity contribution in [2.75, 3.05) is 13.1 Å². The Kier molecular flexibility index (Phi) is 6.53. The van der Waals surface area contributed by atoms with Crippen molar-refractivity contribution in [1.29, 1.82) is 0 Å². The minimum atomic E-state index is -3.51. The first-order valence-electron chi connectivity index (χ1n) is 7.80. The van der Waals surface area contributed by atoms with E-state index in [0.717, 1.165) is 16.9 Å². The molecule has 0 bridgehead atoms. The van der Waals surface area contributed by atoms with Crippen molar-refractivity contribution in [3.8, 4) is 0 Å². The lowest BCUT2D eigenvalue weighted by Gasteiger charge is -2.21. The van der Waals surface area contributed by atoms with E-state index in [1.54, 1.807) is 11.0 Å². The molecule has 0 saturated heterocycles. The lowest BCUT2D eigenvalue weighted by molar-refractivity contribution is -0.129. The molecule has 1 N–H and O–H groups in total. The number of nitrogens with zero attached hydrogens (tertiary/aromatic N) is 1. The predicted octanol–water partition coefficient (Wildman–Crippen LogP) is 2.64. The molecule has 0 atom stereocenters. The van der Waals surface area contributed by atoms with E-state index in [2.05, 4.69) is 4.72 Å². The Morgan fingerprint density at radius 2 is 1.88 bits per heavy atom. The number of amides is 1. The molecule has 0 aliphatic carbocycles. The second-order valence-corrected chi connectivity index (χ2v) is 8.56. The second kappa shape index (κ2) is 8.41. The van der Waals surface area contributed by atoms with Crippen LogP contribution in [-0.4, -0.2) is 32.3 Å². The maximum Gasteiger partial charge on any atom is 0.250 e. The van der Waals surface area contributed by atoms with Gasteiger partial charge in [0.05, 0.1) is 0 Å². The summed E-state index contributed by atoms with van der Waals surface area (Å²) in [6.07, 6.45) is 0.815. The number of carbonyl (C=O) groups excluding carboxylic acids is 1. The maximum atomic E-state index is 12.3. The quantitative estimate of drug-likeness (QED) is 0.781. The fourth-order valence-corrected chi connectivity index (χ4v) is 4.59. The Labute approximate surface area is 147 Å². The van der Waals surface area contributed by atoms with E-state index < -0.39 is 10.0 Å². The van der Waals surface area contributed by atoms with Gasteiger partial charge in [0.2, 0.25) is 15.9 Å². The number of hydrogen-bond donors (Lipinski definition) is 1. The molecule has 0 spiro atoms. The minimum absolute atomic E-state index is 0.0811. The summed E-state index contributed by atoms with van der Waals surface area (Å²) in [7, 11) is -3.51. The van der Waals surface area contributed by atoms with E-state index in [9.17, 15) is 13.2 Å². The van der Waals surface area contributed by atoms with Crippen LogP contribution < -0.4 is 4.72 Å². The lowest BCUT2D eigenvalue weighted by Crippen LogP contribution is -2.36. The van der Waals surface area contributed by atoms with Crippen LogP contribution in [0.1, 0.15) is 24.3 Å². The first kappa shape index (κ1) is 18.6.